The van der Waals surface area contributed by atoms with Gasteiger partial charge in [0.15, 0.2) is 0 Å². The van der Waals surface area contributed by atoms with E-state index in [1.54, 1.807) is 0 Å². The van der Waals surface area contributed by atoms with E-state index in [0.717, 1.165) is 19.5 Å². The van der Waals surface area contributed by atoms with E-state index in [1.807, 2.05) is 0 Å². The van der Waals surface area contributed by atoms with Crippen LogP contribution in [0.3, 0.4) is 0 Å². The Morgan fingerprint density at radius 3 is 1.91 bits per heavy atom. The van der Waals surface area contributed by atoms with Crippen LogP contribution < -0.4 is 5.32 Å². The lowest BCUT2D eigenvalue weighted by molar-refractivity contribution is -0.275. The first-order chi connectivity index (χ1) is 9.75. The maximum Gasteiger partial charge on any atom is 0.0782 e. The molecule has 1 heterocycles. The third-order valence-corrected chi connectivity index (χ3v) is 3.77. The average molecular weight is 313 g/mol. The summed E-state index contributed by atoms with van der Waals surface area (Å²) in [6.07, 6.45) is 0.850. The highest BCUT2D eigenvalue weighted by molar-refractivity contribution is 4.95. The molecule has 1 aliphatic rings. The van der Waals surface area contributed by atoms with Gasteiger partial charge in [0, 0.05) is 13.1 Å². The fraction of sp³-hybridized carbons (Fsp3) is 1.00. The Morgan fingerprint density at radius 2 is 1.45 bits per heavy atom. The van der Waals surface area contributed by atoms with Gasteiger partial charge in [-0.15, -0.1) is 0 Å². The highest BCUT2D eigenvalue weighted by Crippen LogP contribution is 2.29. The van der Waals surface area contributed by atoms with Gasteiger partial charge >= 0.3 is 0 Å². The largest absolute Gasteiger partial charge is 0.313 e. The van der Waals surface area contributed by atoms with Crippen molar-refractivity contribution in [1.29, 1.82) is 0 Å². The second-order valence-electron chi connectivity index (χ2n) is 9.29. The Morgan fingerprint density at radius 1 is 0.955 bits per heavy atom. The summed E-state index contributed by atoms with van der Waals surface area (Å²) in [7, 11) is 0. The van der Waals surface area contributed by atoms with Crippen LogP contribution in [-0.2, 0) is 4.84 Å². The van der Waals surface area contributed by atoms with Crippen LogP contribution in [0.2, 0.25) is 0 Å². The molecule has 0 bridgehead atoms. The Labute approximate surface area is 136 Å². The van der Waals surface area contributed by atoms with Crippen LogP contribution in [0.4, 0.5) is 0 Å². The van der Waals surface area contributed by atoms with Crippen molar-refractivity contribution in [2.75, 3.05) is 19.7 Å². The molecule has 22 heavy (non-hydrogen) atoms. The number of piperazine rings is 1. The summed E-state index contributed by atoms with van der Waals surface area (Å²) < 4.78 is 0. The van der Waals surface area contributed by atoms with Gasteiger partial charge in [0.1, 0.15) is 0 Å². The first-order valence-electron chi connectivity index (χ1n) is 8.33. The second-order valence-corrected chi connectivity index (χ2v) is 9.29. The number of hydrogen-bond donors (Lipinski definition) is 1. The van der Waals surface area contributed by atoms with E-state index in [0.29, 0.717) is 6.61 Å². The van der Waals surface area contributed by atoms with Crippen LogP contribution in [-0.4, -0.2) is 46.9 Å². The molecule has 0 spiro atoms. The van der Waals surface area contributed by atoms with Crippen molar-refractivity contribution < 1.29 is 4.84 Å². The Bertz CT molecular complexity index is 378. The smallest absolute Gasteiger partial charge is 0.0782 e. The highest BCUT2D eigenvalue weighted by atomic mass is 16.7. The van der Waals surface area contributed by atoms with Crippen LogP contribution in [0, 0.1) is 0 Å². The van der Waals surface area contributed by atoms with E-state index in [-0.39, 0.29) is 22.2 Å². The van der Waals surface area contributed by atoms with Crippen LogP contribution in [0.15, 0.2) is 10.2 Å². The lowest BCUT2D eigenvalue weighted by Gasteiger charge is -2.51. The monoisotopic (exact) mass is 312 g/mol. The minimum absolute atomic E-state index is 0.0151. The molecule has 130 valence electrons. The van der Waals surface area contributed by atoms with Gasteiger partial charge in [-0.2, -0.15) is 15.3 Å². The molecule has 5 nitrogen and oxygen atoms in total. The summed E-state index contributed by atoms with van der Waals surface area (Å²) in [5.74, 6) is 0. The molecule has 1 fully saturated rings. The molecule has 0 aromatic carbocycles. The van der Waals surface area contributed by atoms with Gasteiger partial charge in [0.2, 0.25) is 0 Å². The van der Waals surface area contributed by atoms with E-state index in [9.17, 15) is 0 Å². The number of hydrogen-bond acceptors (Lipinski definition) is 5. The summed E-state index contributed by atoms with van der Waals surface area (Å²) in [4.78, 5) is 6.17. The quantitative estimate of drug-likeness (QED) is 0.786. The van der Waals surface area contributed by atoms with Crippen LogP contribution in [0.25, 0.3) is 0 Å². The van der Waals surface area contributed by atoms with Crippen LogP contribution >= 0.6 is 0 Å². The normalized spacial score (nSPS) is 23.1. The molecule has 1 N–H and O–H groups in total. The van der Waals surface area contributed by atoms with Crippen molar-refractivity contribution in [3.05, 3.63) is 0 Å². The van der Waals surface area contributed by atoms with E-state index < -0.39 is 0 Å². The molecule has 0 atom stereocenters. The molecule has 0 aromatic rings. The maximum atomic E-state index is 6.17. The van der Waals surface area contributed by atoms with Crippen molar-refractivity contribution in [3.8, 4) is 0 Å². The van der Waals surface area contributed by atoms with E-state index in [4.69, 9.17) is 4.84 Å². The minimum atomic E-state index is -0.199. The number of nitrogens with zero attached hydrogens (tertiary/aromatic N) is 3. The Hall–Kier alpha value is -0.520. The molecule has 0 unspecified atom stereocenters. The first kappa shape index (κ1) is 19.5. The third-order valence-electron chi connectivity index (χ3n) is 3.77. The maximum absolute atomic E-state index is 6.17. The van der Waals surface area contributed by atoms with E-state index >= 15 is 0 Å². The predicted molar refractivity (Wildman–Crippen MR) is 92.1 cm³/mol. The molecule has 0 saturated carbocycles. The lowest BCUT2D eigenvalue weighted by atomic mass is 9.92. The fourth-order valence-electron chi connectivity index (χ4n) is 2.71. The minimum Gasteiger partial charge on any atom is -0.313 e. The lowest BCUT2D eigenvalue weighted by Crippen LogP contribution is -2.67. The van der Waals surface area contributed by atoms with Gasteiger partial charge < -0.3 is 5.32 Å². The van der Waals surface area contributed by atoms with Gasteiger partial charge in [-0.25, -0.2) is 0 Å². The Kier molecular flexibility index (Phi) is 5.80. The molecular formula is C17H36N4O. The molecule has 1 saturated heterocycles. The second kappa shape index (κ2) is 6.54. The summed E-state index contributed by atoms with van der Waals surface area (Å²) in [5, 5.41) is 14.5. The molecule has 0 aromatic heterocycles. The van der Waals surface area contributed by atoms with E-state index in [1.165, 1.54) is 0 Å². The standard InChI is InChI=1S/C17H36N4O/c1-14(2,3)19-20-15(4,5)10-11-22-21-16(6,7)12-18-13-17(21,8)9/h18H,10-13H2,1-9H3. The Balaban J connectivity index is 2.60. The zero-order valence-corrected chi connectivity index (χ0v) is 16.1. The van der Waals surface area contributed by atoms with Crippen LogP contribution in [0.1, 0.15) is 68.7 Å². The molecule has 5 heteroatoms. The molecule has 0 radical (unpaired) electrons. The average Bonchev–Trinajstić information content (AvgIpc) is 2.29. The molecule has 1 rings (SSSR count). The van der Waals surface area contributed by atoms with Crippen molar-refractivity contribution >= 4 is 0 Å². The number of azo groups is 1. The summed E-state index contributed by atoms with van der Waals surface area (Å²) in [5.41, 5.74) is -0.353. The SMILES string of the molecule is CC(C)(C)N=NC(C)(C)CCON1C(C)(C)CNCC1(C)C. The number of hydroxylamine groups is 2. The fourth-order valence-corrected chi connectivity index (χ4v) is 2.71. The van der Waals surface area contributed by atoms with Crippen molar-refractivity contribution in [2.45, 2.75) is 90.9 Å². The molecule has 0 aliphatic carbocycles. The number of rotatable bonds is 5. The van der Waals surface area contributed by atoms with Gasteiger partial charge in [-0.1, -0.05) is 0 Å². The van der Waals surface area contributed by atoms with Gasteiger partial charge in [-0.05, 0) is 68.7 Å². The summed E-state index contributed by atoms with van der Waals surface area (Å²) in [6, 6.07) is 0. The molecular weight excluding hydrogens is 276 g/mol. The summed E-state index contributed by atoms with van der Waals surface area (Å²) >= 11 is 0. The molecule has 0 amide bonds. The molecule has 1 aliphatic heterocycles. The zero-order chi connectivity index (χ0) is 17.2. The first-order valence-corrected chi connectivity index (χ1v) is 8.33. The van der Waals surface area contributed by atoms with Gasteiger partial charge in [0.25, 0.3) is 0 Å². The van der Waals surface area contributed by atoms with Crippen LogP contribution in [0.5, 0.6) is 0 Å². The highest BCUT2D eigenvalue weighted by Gasteiger charge is 2.42. The van der Waals surface area contributed by atoms with Crippen molar-refractivity contribution in [3.63, 3.8) is 0 Å². The zero-order valence-electron chi connectivity index (χ0n) is 16.1. The van der Waals surface area contributed by atoms with Crippen molar-refractivity contribution in [1.82, 2.24) is 10.4 Å². The van der Waals surface area contributed by atoms with Crippen molar-refractivity contribution in [2.24, 2.45) is 10.2 Å². The number of nitrogens with one attached hydrogen (secondary N) is 1. The van der Waals surface area contributed by atoms with Gasteiger partial charge in [0.05, 0.1) is 28.8 Å². The third kappa shape index (κ3) is 5.94. The van der Waals surface area contributed by atoms with Gasteiger partial charge in [-0.3, -0.25) is 4.84 Å². The predicted octanol–water partition coefficient (Wildman–Crippen LogP) is 3.80. The van der Waals surface area contributed by atoms with E-state index in [2.05, 4.69) is 82.9 Å². The summed E-state index contributed by atoms with van der Waals surface area (Å²) in [6.45, 7) is 21.8. The topological polar surface area (TPSA) is 49.2 Å².